The standard InChI is InChI=1S/C26H28N4O3/c1-18(2)25(31)29-23(14-20-15-28-22-11-7-6-10-21(20)22)26(32)33-17-24-27-12-13-30(24)16-19-8-4-3-5-9-19/h3-13,15,18,23,28H,14,16-17H2,1-2H3,(H,29,31). The van der Waals surface area contributed by atoms with Crippen LogP contribution in [0.5, 0.6) is 0 Å². The van der Waals surface area contributed by atoms with Gasteiger partial charge < -0.3 is 19.6 Å². The van der Waals surface area contributed by atoms with Gasteiger partial charge in [-0.15, -0.1) is 0 Å². The monoisotopic (exact) mass is 444 g/mol. The predicted octanol–water partition coefficient (Wildman–Crippen LogP) is 3.84. The topological polar surface area (TPSA) is 89.0 Å². The summed E-state index contributed by atoms with van der Waals surface area (Å²) in [5.74, 6) is -0.271. The van der Waals surface area contributed by atoms with Gasteiger partial charge in [-0.2, -0.15) is 0 Å². The van der Waals surface area contributed by atoms with Gasteiger partial charge in [-0.05, 0) is 17.2 Å². The Morgan fingerprint density at radius 3 is 2.64 bits per heavy atom. The minimum Gasteiger partial charge on any atom is -0.456 e. The van der Waals surface area contributed by atoms with Gasteiger partial charge in [0.05, 0.1) is 0 Å². The van der Waals surface area contributed by atoms with Crippen molar-refractivity contribution in [1.29, 1.82) is 0 Å². The molecule has 2 heterocycles. The minimum atomic E-state index is -0.795. The minimum absolute atomic E-state index is 0.0284. The molecule has 4 rings (SSSR count). The molecule has 7 heteroatoms. The number of ether oxygens (including phenoxy) is 1. The van der Waals surface area contributed by atoms with Gasteiger partial charge in [0.15, 0.2) is 0 Å². The third kappa shape index (κ3) is 5.49. The van der Waals surface area contributed by atoms with Crippen molar-refractivity contribution in [2.75, 3.05) is 0 Å². The molecule has 0 aliphatic carbocycles. The lowest BCUT2D eigenvalue weighted by Crippen LogP contribution is -2.45. The molecule has 0 fully saturated rings. The van der Waals surface area contributed by atoms with Crippen molar-refractivity contribution in [1.82, 2.24) is 19.9 Å². The number of hydrogen-bond donors (Lipinski definition) is 2. The van der Waals surface area contributed by atoms with Crippen LogP contribution in [0.2, 0.25) is 0 Å². The summed E-state index contributed by atoms with van der Waals surface area (Å²) in [4.78, 5) is 33.0. The van der Waals surface area contributed by atoms with E-state index in [1.165, 1.54) is 0 Å². The second kappa shape index (κ2) is 10.2. The molecule has 2 N–H and O–H groups in total. The Morgan fingerprint density at radius 1 is 1.09 bits per heavy atom. The van der Waals surface area contributed by atoms with Crippen molar-refractivity contribution in [3.05, 3.63) is 90.1 Å². The lowest BCUT2D eigenvalue weighted by molar-refractivity contribution is -0.149. The number of amides is 1. The molecule has 1 unspecified atom stereocenters. The van der Waals surface area contributed by atoms with Crippen LogP contribution in [0.25, 0.3) is 10.9 Å². The molecular weight excluding hydrogens is 416 g/mol. The lowest BCUT2D eigenvalue weighted by atomic mass is 10.0. The first-order chi connectivity index (χ1) is 16.0. The number of carbonyl (C=O) groups is 2. The maximum Gasteiger partial charge on any atom is 0.329 e. The number of nitrogens with one attached hydrogen (secondary N) is 2. The van der Waals surface area contributed by atoms with Crippen molar-refractivity contribution >= 4 is 22.8 Å². The summed E-state index contributed by atoms with van der Waals surface area (Å²) < 4.78 is 7.57. The number of imidazole rings is 1. The van der Waals surface area contributed by atoms with Gasteiger partial charge >= 0.3 is 5.97 Å². The summed E-state index contributed by atoms with van der Waals surface area (Å²) in [5, 5.41) is 3.87. The number of hydrogen-bond acceptors (Lipinski definition) is 4. The smallest absolute Gasteiger partial charge is 0.329 e. The van der Waals surface area contributed by atoms with E-state index in [0.717, 1.165) is 22.0 Å². The van der Waals surface area contributed by atoms with Crippen LogP contribution in [0.15, 0.2) is 73.2 Å². The number of esters is 1. The quantitative estimate of drug-likeness (QED) is 0.384. The van der Waals surface area contributed by atoms with Crippen molar-refractivity contribution < 1.29 is 14.3 Å². The van der Waals surface area contributed by atoms with Gasteiger partial charge in [0.25, 0.3) is 0 Å². The third-order valence-corrected chi connectivity index (χ3v) is 5.57. The van der Waals surface area contributed by atoms with E-state index >= 15 is 0 Å². The Kier molecular flexibility index (Phi) is 6.88. The van der Waals surface area contributed by atoms with Gasteiger partial charge in [0.1, 0.15) is 18.5 Å². The number of para-hydroxylation sites is 1. The Balaban J connectivity index is 1.47. The van der Waals surface area contributed by atoms with E-state index in [1.54, 1.807) is 20.0 Å². The molecule has 0 saturated carbocycles. The Bertz CT molecular complexity index is 1230. The van der Waals surface area contributed by atoms with E-state index in [0.29, 0.717) is 18.8 Å². The summed E-state index contributed by atoms with van der Waals surface area (Å²) in [5.41, 5.74) is 3.06. The Hall–Kier alpha value is -3.87. The van der Waals surface area contributed by atoms with Crippen LogP contribution in [0, 0.1) is 5.92 Å². The number of fused-ring (bicyclic) bond motifs is 1. The molecule has 0 aliphatic heterocycles. The Labute approximate surface area is 192 Å². The molecule has 0 radical (unpaired) electrons. The van der Waals surface area contributed by atoms with Crippen molar-refractivity contribution in [2.24, 2.45) is 5.92 Å². The molecule has 2 aromatic carbocycles. The highest BCUT2D eigenvalue weighted by Gasteiger charge is 2.25. The van der Waals surface area contributed by atoms with Gasteiger partial charge in [0.2, 0.25) is 5.91 Å². The zero-order valence-electron chi connectivity index (χ0n) is 18.8. The van der Waals surface area contributed by atoms with Crippen LogP contribution < -0.4 is 5.32 Å². The van der Waals surface area contributed by atoms with Crippen LogP contribution in [-0.2, 0) is 33.9 Å². The lowest BCUT2D eigenvalue weighted by Gasteiger charge is -2.19. The summed E-state index contributed by atoms with van der Waals surface area (Å²) >= 11 is 0. The molecule has 2 aromatic heterocycles. The highest BCUT2D eigenvalue weighted by Crippen LogP contribution is 2.20. The van der Waals surface area contributed by atoms with Crippen LogP contribution in [0.1, 0.15) is 30.8 Å². The molecule has 33 heavy (non-hydrogen) atoms. The summed E-state index contributed by atoms with van der Waals surface area (Å²) in [6, 6.07) is 17.1. The van der Waals surface area contributed by atoms with Crippen LogP contribution in [-0.4, -0.2) is 32.5 Å². The fraction of sp³-hybridized carbons (Fsp3) is 0.269. The number of aromatic amines is 1. The fourth-order valence-electron chi connectivity index (χ4n) is 3.69. The molecule has 1 amide bonds. The second-order valence-electron chi connectivity index (χ2n) is 8.34. The second-order valence-corrected chi connectivity index (χ2v) is 8.34. The van der Waals surface area contributed by atoms with Crippen LogP contribution in [0.3, 0.4) is 0 Å². The first-order valence-electron chi connectivity index (χ1n) is 11.1. The summed E-state index contributed by atoms with van der Waals surface area (Å²) in [6.45, 7) is 4.25. The Morgan fingerprint density at radius 2 is 1.85 bits per heavy atom. The van der Waals surface area contributed by atoms with E-state index < -0.39 is 12.0 Å². The first kappa shape index (κ1) is 22.3. The first-order valence-corrected chi connectivity index (χ1v) is 11.1. The van der Waals surface area contributed by atoms with Crippen molar-refractivity contribution in [2.45, 2.75) is 39.5 Å². The van der Waals surface area contributed by atoms with E-state index in [1.807, 2.05) is 71.6 Å². The highest BCUT2D eigenvalue weighted by atomic mass is 16.5. The number of aromatic nitrogens is 3. The molecule has 0 bridgehead atoms. The van der Waals surface area contributed by atoms with E-state index in [2.05, 4.69) is 15.3 Å². The maximum absolute atomic E-state index is 13.0. The normalized spacial score (nSPS) is 12.1. The number of nitrogens with zero attached hydrogens (tertiary/aromatic N) is 2. The third-order valence-electron chi connectivity index (χ3n) is 5.57. The van der Waals surface area contributed by atoms with Crippen LogP contribution in [0.4, 0.5) is 0 Å². The van der Waals surface area contributed by atoms with Gasteiger partial charge in [0, 0.05) is 48.4 Å². The fourth-order valence-corrected chi connectivity index (χ4v) is 3.69. The number of H-pyrrole nitrogens is 1. The zero-order chi connectivity index (χ0) is 23.2. The molecule has 1 atom stereocenters. The molecule has 0 saturated heterocycles. The van der Waals surface area contributed by atoms with Gasteiger partial charge in [-0.3, -0.25) is 4.79 Å². The van der Waals surface area contributed by atoms with Gasteiger partial charge in [-0.1, -0.05) is 62.4 Å². The van der Waals surface area contributed by atoms with E-state index in [4.69, 9.17) is 4.74 Å². The highest BCUT2D eigenvalue weighted by molar-refractivity contribution is 5.87. The van der Waals surface area contributed by atoms with Crippen molar-refractivity contribution in [3.63, 3.8) is 0 Å². The number of benzene rings is 2. The number of rotatable bonds is 9. The van der Waals surface area contributed by atoms with Crippen LogP contribution >= 0.6 is 0 Å². The maximum atomic E-state index is 13.0. The largest absolute Gasteiger partial charge is 0.456 e. The molecular formula is C26H28N4O3. The average Bonchev–Trinajstić information content (AvgIpc) is 3.44. The average molecular weight is 445 g/mol. The molecule has 170 valence electrons. The number of carbonyl (C=O) groups excluding carboxylic acids is 2. The predicted molar refractivity (Wildman–Crippen MR) is 126 cm³/mol. The summed E-state index contributed by atoms with van der Waals surface area (Å²) in [6.07, 6.45) is 5.76. The molecule has 7 nitrogen and oxygen atoms in total. The zero-order valence-corrected chi connectivity index (χ0v) is 18.8. The van der Waals surface area contributed by atoms with Crippen molar-refractivity contribution in [3.8, 4) is 0 Å². The molecule has 0 aliphatic rings. The molecule has 0 spiro atoms. The van der Waals surface area contributed by atoms with E-state index in [9.17, 15) is 9.59 Å². The SMILES string of the molecule is CC(C)C(=O)NC(Cc1c[nH]c2ccccc12)C(=O)OCc1nccn1Cc1ccccc1. The molecule has 4 aromatic rings. The van der Waals surface area contributed by atoms with E-state index in [-0.39, 0.29) is 18.4 Å². The summed E-state index contributed by atoms with van der Waals surface area (Å²) in [7, 11) is 0. The van der Waals surface area contributed by atoms with Gasteiger partial charge in [-0.25, -0.2) is 9.78 Å².